The van der Waals surface area contributed by atoms with Gasteiger partial charge < -0.3 is 10.2 Å². The molecule has 5 nitrogen and oxygen atoms in total. The van der Waals surface area contributed by atoms with Crippen LogP contribution in [0, 0.1) is 4.77 Å². The average molecular weight is 275 g/mol. The van der Waals surface area contributed by atoms with Crippen molar-refractivity contribution in [3.8, 4) is 0 Å². The third kappa shape index (κ3) is 3.51. The molecule has 0 aliphatic carbocycles. The molecule has 0 spiro atoms. The molecule has 0 aliphatic rings. The summed E-state index contributed by atoms with van der Waals surface area (Å²) in [6.07, 6.45) is 1.61. The van der Waals surface area contributed by atoms with Gasteiger partial charge in [0.15, 0.2) is 5.82 Å². The van der Waals surface area contributed by atoms with E-state index in [1.54, 1.807) is 6.20 Å². The molecule has 19 heavy (non-hydrogen) atoms. The van der Waals surface area contributed by atoms with Crippen LogP contribution in [0.25, 0.3) is 0 Å². The molecule has 2 N–H and O–H groups in total. The maximum Gasteiger partial charge on any atom is 0.215 e. The number of aromatic nitrogens is 3. The molecular formula is C13H17N5S. The molecular weight excluding hydrogens is 258 g/mol. The number of rotatable bonds is 5. The van der Waals surface area contributed by atoms with Crippen molar-refractivity contribution in [2.45, 2.75) is 13.8 Å². The lowest BCUT2D eigenvalue weighted by molar-refractivity contribution is 0.866. The molecule has 2 aromatic rings. The van der Waals surface area contributed by atoms with Gasteiger partial charge in [0.1, 0.15) is 0 Å². The zero-order chi connectivity index (χ0) is 13.7. The van der Waals surface area contributed by atoms with Crippen LogP contribution in [0.5, 0.6) is 0 Å². The van der Waals surface area contributed by atoms with Crippen molar-refractivity contribution < 1.29 is 0 Å². The first-order chi connectivity index (χ1) is 9.22. The van der Waals surface area contributed by atoms with E-state index in [1.807, 2.05) is 12.1 Å². The Bertz CT molecular complexity index is 574. The fraction of sp³-hybridized carbons (Fsp3) is 0.308. The van der Waals surface area contributed by atoms with Crippen molar-refractivity contribution in [1.29, 1.82) is 0 Å². The molecule has 1 heterocycles. The van der Waals surface area contributed by atoms with E-state index in [0.717, 1.165) is 18.8 Å². The summed E-state index contributed by atoms with van der Waals surface area (Å²) in [6, 6.07) is 8.23. The first-order valence-corrected chi connectivity index (χ1v) is 6.67. The average Bonchev–Trinajstić information content (AvgIpc) is 2.42. The summed E-state index contributed by atoms with van der Waals surface area (Å²) in [6.45, 7) is 6.30. The molecule has 0 unspecified atom stereocenters. The van der Waals surface area contributed by atoms with Crippen molar-refractivity contribution in [3.63, 3.8) is 0 Å². The van der Waals surface area contributed by atoms with Crippen LogP contribution in [0.2, 0.25) is 0 Å². The Labute approximate surface area is 117 Å². The highest BCUT2D eigenvalue weighted by Crippen LogP contribution is 2.19. The van der Waals surface area contributed by atoms with E-state index in [2.05, 4.69) is 51.4 Å². The van der Waals surface area contributed by atoms with Gasteiger partial charge in [0.25, 0.3) is 0 Å². The van der Waals surface area contributed by atoms with Crippen LogP contribution in [0.1, 0.15) is 13.8 Å². The third-order valence-electron chi connectivity index (χ3n) is 2.84. The lowest BCUT2D eigenvalue weighted by Crippen LogP contribution is -2.21. The Kier molecular flexibility index (Phi) is 4.46. The number of hydrogen-bond acceptors (Lipinski definition) is 5. The minimum Gasteiger partial charge on any atom is -0.372 e. The van der Waals surface area contributed by atoms with Crippen molar-refractivity contribution in [1.82, 2.24) is 15.2 Å². The summed E-state index contributed by atoms with van der Waals surface area (Å²) >= 11 is 4.93. The normalized spacial score (nSPS) is 10.2. The highest BCUT2D eigenvalue weighted by Gasteiger charge is 2.02. The van der Waals surface area contributed by atoms with Gasteiger partial charge in [-0.1, -0.05) is 0 Å². The minimum absolute atomic E-state index is 0.366. The molecule has 0 aliphatic heterocycles. The summed E-state index contributed by atoms with van der Waals surface area (Å²) in [5, 5.41) is 9.66. The monoisotopic (exact) mass is 275 g/mol. The number of H-pyrrole nitrogens is 1. The second-order valence-corrected chi connectivity index (χ2v) is 4.40. The Morgan fingerprint density at radius 3 is 2.47 bits per heavy atom. The lowest BCUT2D eigenvalue weighted by atomic mass is 10.2. The molecule has 100 valence electrons. The summed E-state index contributed by atoms with van der Waals surface area (Å²) in [4.78, 5) is 6.43. The van der Waals surface area contributed by atoms with E-state index < -0.39 is 0 Å². The number of aromatic amines is 1. The zero-order valence-electron chi connectivity index (χ0n) is 11.1. The largest absolute Gasteiger partial charge is 0.372 e. The summed E-state index contributed by atoms with van der Waals surface area (Å²) in [5.41, 5.74) is 2.18. The molecule has 1 aromatic heterocycles. The Hall–Kier alpha value is -1.95. The predicted octanol–water partition coefficient (Wildman–Crippen LogP) is 3.12. The Morgan fingerprint density at radius 2 is 1.89 bits per heavy atom. The van der Waals surface area contributed by atoms with Gasteiger partial charge in [0.2, 0.25) is 4.77 Å². The van der Waals surface area contributed by atoms with E-state index in [1.165, 1.54) is 5.69 Å². The summed E-state index contributed by atoms with van der Waals surface area (Å²) in [7, 11) is 0. The third-order valence-corrected chi connectivity index (χ3v) is 3.02. The van der Waals surface area contributed by atoms with Gasteiger partial charge in [-0.15, -0.1) is 0 Å². The summed E-state index contributed by atoms with van der Waals surface area (Å²) in [5.74, 6) is 0.638. The van der Waals surface area contributed by atoms with E-state index in [-0.39, 0.29) is 0 Å². The zero-order valence-corrected chi connectivity index (χ0v) is 11.9. The topological polar surface area (TPSA) is 56.8 Å². The first kappa shape index (κ1) is 13.5. The van der Waals surface area contributed by atoms with Gasteiger partial charge in [-0.05, 0) is 50.3 Å². The van der Waals surface area contributed by atoms with Crippen molar-refractivity contribution in [3.05, 3.63) is 35.2 Å². The van der Waals surface area contributed by atoms with E-state index in [0.29, 0.717) is 10.6 Å². The number of anilines is 3. The number of hydrogen-bond donors (Lipinski definition) is 2. The molecule has 2 rings (SSSR count). The van der Waals surface area contributed by atoms with E-state index in [9.17, 15) is 0 Å². The van der Waals surface area contributed by atoms with Crippen LogP contribution in [0.15, 0.2) is 30.5 Å². The van der Waals surface area contributed by atoms with Gasteiger partial charge >= 0.3 is 0 Å². The fourth-order valence-electron chi connectivity index (χ4n) is 1.86. The molecule has 0 bridgehead atoms. The maximum absolute atomic E-state index is 4.93. The van der Waals surface area contributed by atoms with Gasteiger partial charge in [0, 0.05) is 24.5 Å². The number of nitrogens with one attached hydrogen (secondary N) is 2. The summed E-state index contributed by atoms with van der Waals surface area (Å²) < 4.78 is 0.366. The fourth-order valence-corrected chi connectivity index (χ4v) is 2.02. The Morgan fingerprint density at radius 1 is 1.21 bits per heavy atom. The highest BCUT2D eigenvalue weighted by atomic mass is 32.1. The number of nitrogens with zero attached hydrogens (tertiary/aromatic N) is 3. The van der Waals surface area contributed by atoms with Crippen LogP contribution in [0.4, 0.5) is 17.2 Å². The Balaban J connectivity index is 2.12. The van der Waals surface area contributed by atoms with E-state index in [4.69, 9.17) is 12.2 Å². The van der Waals surface area contributed by atoms with Crippen molar-refractivity contribution in [2.75, 3.05) is 23.3 Å². The SMILES string of the molecule is CCN(CC)c1ccc(Nc2cn[nH]c(=S)n2)cc1. The molecule has 6 heteroatoms. The van der Waals surface area contributed by atoms with Crippen LogP contribution in [0.3, 0.4) is 0 Å². The maximum atomic E-state index is 4.93. The molecule has 0 amide bonds. The molecule has 0 atom stereocenters. The molecule has 0 radical (unpaired) electrons. The minimum atomic E-state index is 0.366. The van der Waals surface area contributed by atoms with Gasteiger partial charge in [-0.3, -0.25) is 5.10 Å². The molecule has 0 saturated heterocycles. The van der Waals surface area contributed by atoms with Crippen molar-refractivity contribution >= 4 is 29.4 Å². The predicted molar refractivity (Wildman–Crippen MR) is 80.5 cm³/mol. The standard InChI is InChI=1S/C13H17N5S/c1-3-18(4-2)11-7-5-10(6-8-11)15-12-9-14-17-13(19)16-12/h5-9H,3-4H2,1-2H3,(H2,15,16,17,19). The lowest BCUT2D eigenvalue weighted by Gasteiger charge is -2.21. The molecule has 0 fully saturated rings. The van der Waals surface area contributed by atoms with E-state index >= 15 is 0 Å². The van der Waals surface area contributed by atoms with Crippen LogP contribution in [-0.4, -0.2) is 28.3 Å². The molecule has 1 aromatic carbocycles. The second-order valence-electron chi connectivity index (χ2n) is 4.02. The van der Waals surface area contributed by atoms with Gasteiger partial charge in [-0.25, -0.2) is 0 Å². The van der Waals surface area contributed by atoms with Gasteiger partial charge in [-0.2, -0.15) is 10.1 Å². The van der Waals surface area contributed by atoms with Crippen LogP contribution >= 0.6 is 12.2 Å². The van der Waals surface area contributed by atoms with Crippen LogP contribution < -0.4 is 10.2 Å². The quantitative estimate of drug-likeness (QED) is 0.821. The second kappa shape index (κ2) is 6.29. The number of benzene rings is 1. The van der Waals surface area contributed by atoms with Crippen molar-refractivity contribution in [2.24, 2.45) is 0 Å². The van der Waals surface area contributed by atoms with Crippen LogP contribution in [-0.2, 0) is 0 Å². The smallest absolute Gasteiger partial charge is 0.215 e. The first-order valence-electron chi connectivity index (χ1n) is 6.26. The van der Waals surface area contributed by atoms with Gasteiger partial charge in [0.05, 0.1) is 6.20 Å². The molecule has 0 saturated carbocycles. The highest BCUT2D eigenvalue weighted by molar-refractivity contribution is 7.71.